The second-order valence-corrected chi connectivity index (χ2v) is 5.64. The summed E-state index contributed by atoms with van der Waals surface area (Å²) in [6, 6.07) is 11.1. The van der Waals surface area contributed by atoms with Crippen molar-refractivity contribution in [2.45, 2.75) is 12.5 Å². The highest BCUT2D eigenvalue weighted by Crippen LogP contribution is 2.18. The third-order valence-corrected chi connectivity index (χ3v) is 3.33. The van der Waals surface area contributed by atoms with Crippen LogP contribution in [-0.2, 0) is 0 Å². The van der Waals surface area contributed by atoms with Crippen LogP contribution in [0.1, 0.15) is 18.0 Å². The molecule has 92 valence electrons. The molecule has 0 amide bonds. The van der Waals surface area contributed by atoms with Gasteiger partial charge in [-0.05, 0) is 25.1 Å². The van der Waals surface area contributed by atoms with E-state index in [1.165, 1.54) is 12.0 Å². The number of nitrogens with one attached hydrogen (secondary N) is 1. The zero-order valence-electron chi connectivity index (χ0n) is 10.0. The first-order chi connectivity index (χ1) is 8.25. The maximum atomic E-state index is 3.93. The maximum absolute atomic E-state index is 3.93. The summed E-state index contributed by atoms with van der Waals surface area (Å²) in [5, 5.41) is 3.61. The minimum Gasteiger partial charge on any atom is -0.309 e. The summed E-state index contributed by atoms with van der Waals surface area (Å²) in [7, 11) is 0. The number of hydrogen-bond donors (Lipinski definition) is 1. The Bertz CT molecular complexity index is 364. The predicted molar refractivity (Wildman–Crippen MR) is 76.3 cm³/mol. The normalized spacial score (nSPS) is 22.1. The van der Waals surface area contributed by atoms with E-state index in [1.54, 1.807) is 0 Å². The third-order valence-electron chi connectivity index (χ3n) is 3.08. The van der Waals surface area contributed by atoms with E-state index in [-0.39, 0.29) is 0 Å². The number of rotatable bonds is 3. The summed E-state index contributed by atoms with van der Waals surface area (Å²) in [4.78, 5) is 2.45. The lowest BCUT2D eigenvalue weighted by molar-refractivity contribution is 0.295. The van der Waals surface area contributed by atoms with Crippen molar-refractivity contribution < 1.29 is 0 Å². The molecule has 0 bridgehead atoms. The van der Waals surface area contributed by atoms with Crippen LogP contribution in [0.15, 0.2) is 41.4 Å². The van der Waals surface area contributed by atoms with Gasteiger partial charge < -0.3 is 5.32 Å². The molecule has 1 aliphatic heterocycles. The van der Waals surface area contributed by atoms with Crippen molar-refractivity contribution >= 4 is 15.9 Å². The van der Waals surface area contributed by atoms with Crippen LogP contribution in [0.5, 0.6) is 0 Å². The minimum absolute atomic E-state index is 0.436. The molecule has 3 heteroatoms. The topological polar surface area (TPSA) is 15.3 Å². The van der Waals surface area contributed by atoms with Gasteiger partial charge in [-0.1, -0.05) is 52.8 Å². The summed E-state index contributed by atoms with van der Waals surface area (Å²) < 4.78 is 1.06. The molecule has 1 unspecified atom stereocenters. The van der Waals surface area contributed by atoms with Crippen molar-refractivity contribution in [3.63, 3.8) is 0 Å². The van der Waals surface area contributed by atoms with Gasteiger partial charge in [0.25, 0.3) is 0 Å². The molecular weight excluding hydrogens is 276 g/mol. The van der Waals surface area contributed by atoms with Gasteiger partial charge in [-0.2, -0.15) is 0 Å². The highest BCUT2D eigenvalue weighted by atomic mass is 79.9. The fourth-order valence-corrected chi connectivity index (χ4v) is 2.64. The van der Waals surface area contributed by atoms with Crippen LogP contribution in [0.25, 0.3) is 0 Å². The molecule has 2 rings (SSSR count). The number of halogens is 1. The molecule has 1 aromatic rings. The first kappa shape index (κ1) is 12.8. The Hall–Kier alpha value is -0.640. The van der Waals surface area contributed by atoms with Crippen molar-refractivity contribution in [1.82, 2.24) is 10.2 Å². The van der Waals surface area contributed by atoms with Crippen molar-refractivity contribution in [3.05, 3.63) is 47.0 Å². The van der Waals surface area contributed by atoms with Gasteiger partial charge in [-0.25, -0.2) is 0 Å². The van der Waals surface area contributed by atoms with E-state index in [2.05, 4.69) is 63.1 Å². The molecule has 0 radical (unpaired) electrons. The average molecular weight is 295 g/mol. The Labute approximate surface area is 112 Å². The lowest BCUT2D eigenvalue weighted by Gasteiger charge is -2.24. The molecular formula is C14H19BrN2. The lowest BCUT2D eigenvalue weighted by Crippen LogP contribution is -2.32. The standard InChI is InChI=1S/C14H19BrN2/c1-12(15)10-17-9-5-8-16-14(11-17)13-6-3-2-4-7-13/h2-4,6-7,14,16H,1,5,8-11H2. The van der Waals surface area contributed by atoms with Gasteiger partial charge in [0.2, 0.25) is 0 Å². The van der Waals surface area contributed by atoms with Crippen LogP contribution in [0.3, 0.4) is 0 Å². The van der Waals surface area contributed by atoms with Gasteiger partial charge in [0.15, 0.2) is 0 Å². The van der Waals surface area contributed by atoms with Gasteiger partial charge in [-0.15, -0.1) is 0 Å². The Morgan fingerprint density at radius 3 is 2.88 bits per heavy atom. The molecule has 1 saturated heterocycles. The van der Waals surface area contributed by atoms with Gasteiger partial charge in [-0.3, -0.25) is 4.90 Å². The van der Waals surface area contributed by atoms with Crippen molar-refractivity contribution in [3.8, 4) is 0 Å². The molecule has 1 N–H and O–H groups in total. The predicted octanol–water partition coefficient (Wildman–Crippen LogP) is 2.93. The van der Waals surface area contributed by atoms with Crippen molar-refractivity contribution in [2.24, 2.45) is 0 Å². The number of benzene rings is 1. The van der Waals surface area contributed by atoms with Crippen LogP contribution >= 0.6 is 15.9 Å². The highest BCUT2D eigenvalue weighted by Gasteiger charge is 2.18. The summed E-state index contributed by atoms with van der Waals surface area (Å²) in [5.74, 6) is 0. The van der Waals surface area contributed by atoms with E-state index in [4.69, 9.17) is 0 Å². The lowest BCUT2D eigenvalue weighted by atomic mass is 10.1. The molecule has 0 spiro atoms. The molecule has 1 aliphatic rings. The summed E-state index contributed by atoms with van der Waals surface area (Å²) in [6.07, 6.45) is 1.20. The summed E-state index contributed by atoms with van der Waals surface area (Å²) in [5.41, 5.74) is 1.37. The summed E-state index contributed by atoms with van der Waals surface area (Å²) >= 11 is 3.46. The zero-order chi connectivity index (χ0) is 12.1. The van der Waals surface area contributed by atoms with Gasteiger partial charge in [0, 0.05) is 23.6 Å². The van der Waals surface area contributed by atoms with E-state index >= 15 is 0 Å². The quantitative estimate of drug-likeness (QED) is 0.922. The molecule has 1 heterocycles. The van der Waals surface area contributed by atoms with Gasteiger partial charge in [0.05, 0.1) is 0 Å². The van der Waals surface area contributed by atoms with Crippen LogP contribution in [-0.4, -0.2) is 31.1 Å². The van der Waals surface area contributed by atoms with E-state index in [9.17, 15) is 0 Å². The average Bonchev–Trinajstić information content (AvgIpc) is 2.55. The molecule has 0 aromatic heterocycles. The Morgan fingerprint density at radius 2 is 2.18 bits per heavy atom. The van der Waals surface area contributed by atoms with E-state index in [0.717, 1.165) is 30.7 Å². The second kappa shape index (κ2) is 6.34. The molecule has 0 saturated carbocycles. The third kappa shape index (κ3) is 3.95. The molecule has 1 atom stereocenters. The Morgan fingerprint density at radius 1 is 1.41 bits per heavy atom. The fourth-order valence-electron chi connectivity index (χ4n) is 2.29. The minimum atomic E-state index is 0.436. The first-order valence-corrected chi connectivity index (χ1v) is 6.89. The fraction of sp³-hybridized carbons (Fsp3) is 0.429. The van der Waals surface area contributed by atoms with Crippen molar-refractivity contribution in [2.75, 3.05) is 26.2 Å². The van der Waals surface area contributed by atoms with Crippen LogP contribution in [0.2, 0.25) is 0 Å². The van der Waals surface area contributed by atoms with Crippen LogP contribution in [0.4, 0.5) is 0 Å². The molecule has 2 nitrogen and oxygen atoms in total. The number of hydrogen-bond acceptors (Lipinski definition) is 2. The monoisotopic (exact) mass is 294 g/mol. The second-order valence-electron chi connectivity index (χ2n) is 4.52. The summed E-state index contributed by atoms with van der Waals surface area (Å²) in [6.45, 7) is 8.15. The number of nitrogens with zero attached hydrogens (tertiary/aromatic N) is 1. The van der Waals surface area contributed by atoms with Gasteiger partial charge in [0.1, 0.15) is 0 Å². The molecule has 0 aliphatic carbocycles. The van der Waals surface area contributed by atoms with Crippen LogP contribution in [0, 0.1) is 0 Å². The molecule has 1 aromatic carbocycles. The Kier molecular flexibility index (Phi) is 4.77. The largest absolute Gasteiger partial charge is 0.309 e. The zero-order valence-corrected chi connectivity index (χ0v) is 11.6. The first-order valence-electron chi connectivity index (χ1n) is 6.09. The van der Waals surface area contributed by atoms with E-state index < -0.39 is 0 Å². The highest BCUT2D eigenvalue weighted by molar-refractivity contribution is 9.11. The molecule has 1 fully saturated rings. The van der Waals surface area contributed by atoms with E-state index in [1.807, 2.05) is 0 Å². The smallest absolute Gasteiger partial charge is 0.0449 e. The van der Waals surface area contributed by atoms with Gasteiger partial charge >= 0.3 is 0 Å². The van der Waals surface area contributed by atoms with Crippen LogP contribution < -0.4 is 5.32 Å². The van der Waals surface area contributed by atoms with E-state index in [0.29, 0.717) is 6.04 Å². The molecule has 17 heavy (non-hydrogen) atoms. The SMILES string of the molecule is C=C(Br)CN1CCCNC(c2ccccc2)C1. The van der Waals surface area contributed by atoms with Crippen molar-refractivity contribution in [1.29, 1.82) is 0 Å². The maximum Gasteiger partial charge on any atom is 0.0449 e. The Balaban J connectivity index is 2.04.